The van der Waals surface area contributed by atoms with Crippen LogP contribution >= 0.6 is 0 Å². The summed E-state index contributed by atoms with van der Waals surface area (Å²) in [5.74, 6) is 0. The molecule has 7 heteroatoms. The summed E-state index contributed by atoms with van der Waals surface area (Å²) >= 11 is 0. The van der Waals surface area contributed by atoms with Crippen LogP contribution in [0.25, 0.3) is 0 Å². The van der Waals surface area contributed by atoms with Crippen LogP contribution in [0.3, 0.4) is 0 Å². The molecule has 0 bridgehead atoms. The van der Waals surface area contributed by atoms with E-state index in [1.54, 1.807) is 0 Å². The first-order chi connectivity index (χ1) is 9.06. The SMILES string of the molecule is [CH2]CCCCCNc1ccc([N+](=O)[O-])cc1[N+](=O)[O-]. The Bertz CT molecular complexity index is 462. The van der Waals surface area contributed by atoms with Gasteiger partial charge in [0.2, 0.25) is 0 Å². The Morgan fingerprint density at radius 3 is 2.42 bits per heavy atom. The molecule has 7 nitrogen and oxygen atoms in total. The summed E-state index contributed by atoms with van der Waals surface area (Å²) in [6.45, 7) is 4.33. The zero-order valence-electron chi connectivity index (χ0n) is 10.5. The minimum absolute atomic E-state index is 0.272. The molecule has 0 aromatic heterocycles. The number of nitrogens with zero attached hydrogens (tertiary/aromatic N) is 2. The number of non-ortho nitro benzene ring substituents is 1. The second kappa shape index (κ2) is 7.30. The van der Waals surface area contributed by atoms with Crippen molar-refractivity contribution in [1.29, 1.82) is 0 Å². The predicted molar refractivity (Wildman–Crippen MR) is 72.1 cm³/mol. The van der Waals surface area contributed by atoms with Gasteiger partial charge in [-0.15, -0.1) is 0 Å². The zero-order chi connectivity index (χ0) is 14.3. The average molecular weight is 266 g/mol. The fourth-order valence-electron chi connectivity index (χ4n) is 1.64. The van der Waals surface area contributed by atoms with Gasteiger partial charge in [0.15, 0.2) is 0 Å². The molecule has 1 aromatic rings. The molecule has 0 fully saturated rings. The molecule has 0 saturated carbocycles. The third-order valence-electron chi connectivity index (χ3n) is 2.63. The lowest BCUT2D eigenvalue weighted by atomic mass is 10.2. The standard InChI is InChI=1S/C12H16N3O4/c1-2-3-4-5-8-13-11-7-6-10(14(16)17)9-12(11)15(18)19/h6-7,9,13H,1-5,8H2. The van der Waals surface area contributed by atoms with Crippen LogP contribution in [0.5, 0.6) is 0 Å². The molecule has 0 amide bonds. The Kier molecular flexibility index (Phi) is 5.72. The van der Waals surface area contributed by atoms with E-state index in [4.69, 9.17) is 0 Å². The van der Waals surface area contributed by atoms with Crippen LogP contribution in [0.4, 0.5) is 17.1 Å². The third-order valence-corrected chi connectivity index (χ3v) is 2.63. The second-order valence-electron chi connectivity index (χ2n) is 4.06. The summed E-state index contributed by atoms with van der Waals surface area (Å²) < 4.78 is 0. The molecule has 0 unspecified atom stereocenters. The topological polar surface area (TPSA) is 98.3 Å². The van der Waals surface area contributed by atoms with E-state index in [-0.39, 0.29) is 11.4 Å². The van der Waals surface area contributed by atoms with Crippen LogP contribution in [0, 0.1) is 27.2 Å². The highest BCUT2D eigenvalue weighted by Gasteiger charge is 2.18. The molecule has 1 rings (SSSR count). The van der Waals surface area contributed by atoms with Gasteiger partial charge in [-0.05, 0) is 12.5 Å². The fourth-order valence-corrected chi connectivity index (χ4v) is 1.64. The van der Waals surface area contributed by atoms with Crippen molar-refractivity contribution in [2.24, 2.45) is 0 Å². The molecule has 103 valence electrons. The molecule has 1 radical (unpaired) electrons. The van der Waals surface area contributed by atoms with Gasteiger partial charge in [0.05, 0.1) is 15.9 Å². The summed E-state index contributed by atoms with van der Waals surface area (Å²) in [6.07, 6.45) is 3.77. The molecular weight excluding hydrogens is 250 g/mol. The van der Waals surface area contributed by atoms with Crippen LogP contribution < -0.4 is 5.32 Å². The highest BCUT2D eigenvalue weighted by atomic mass is 16.6. The fraction of sp³-hybridized carbons (Fsp3) is 0.417. The second-order valence-corrected chi connectivity index (χ2v) is 4.06. The lowest BCUT2D eigenvalue weighted by Gasteiger charge is -2.06. The third kappa shape index (κ3) is 4.53. The van der Waals surface area contributed by atoms with Crippen LogP contribution in [-0.4, -0.2) is 16.4 Å². The Balaban J connectivity index is 2.71. The van der Waals surface area contributed by atoms with E-state index in [0.29, 0.717) is 12.2 Å². The molecule has 0 saturated heterocycles. The van der Waals surface area contributed by atoms with E-state index >= 15 is 0 Å². The lowest BCUT2D eigenvalue weighted by Crippen LogP contribution is -2.04. The van der Waals surface area contributed by atoms with Crippen LogP contribution in [0.1, 0.15) is 25.7 Å². The smallest absolute Gasteiger partial charge is 0.299 e. The van der Waals surface area contributed by atoms with E-state index in [1.165, 1.54) is 12.1 Å². The van der Waals surface area contributed by atoms with Crippen molar-refractivity contribution in [2.45, 2.75) is 25.7 Å². The minimum Gasteiger partial charge on any atom is -0.379 e. The number of hydrogen-bond donors (Lipinski definition) is 1. The Morgan fingerprint density at radius 1 is 1.11 bits per heavy atom. The summed E-state index contributed by atoms with van der Waals surface area (Å²) in [5.41, 5.74) is -0.245. The number of unbranched alkanes of at least 4 members (excludes halogenated alkanes) is 3. The van der Waals surface area contributed by atoms with E-state index in [9.17, 15) is 20.2 Å². The van der Waals surface area contributed by atoms with Gasteiger partial charge in [-0.3, -0.25) is 20.2 Å². The zero-order valence-corrected chi connectivity index (χ0v) is 10.5. The van der Waals surface area contributed by atoms with Gasteiger partial charge in [0.1, 0.15) is 5.69 Å². The van der Waals surface area contributed by atoms with Crippen molar-refractivity contribution < 1.29 is 9.85 Å². The van der Waals surface area contributed by atoms with Crippen molar-refractivity contribution >= 4 is 17.1 Å². The Morgan fingerprint density at radius 2 is 1.84 bits per heavy atom. The van der Waals surface area contributed by atoms with Gasteiger partial charge in [0.25, 0.3) is 11.4 Å². The van der Waals surface area contributed by atoms with Crippen molar-refractivity contribution in [1.82, 2.24) is 0 Å². The Labute approximate surface area is 110 Å². The average Bonchev–Trinajstić information content (AvgIpc) is 2.38. The van der Waals surface area contributed by atoms with E-state index < -0.39 is 9.85 Å². The van der Waals surface area contributed by atoms with Crippen LogP contribution in [0.2, 0.25) is 0 Å². The molecule has 0 heterocycles. The number of benzene rings is 1. The molecule has 1 N–H and O–H groups in total. The first-order valence-corrected chi connectivity index (χ1v) is 6.02. The normalized spacial score (nSPS) is 10.2. The van der Waals surface area contributed by atoms with Gasteiger partial charge in [-0.2, -0.15) is 0 Å². The maximum absolute atomic E-state index is 10.9. The monoisotopic (exact) mass is 266 g/mol. The lowest BCUT2D eigenvalue weighted by molar-refractivity contribution is -0.393. The number of nitrogens with one attached hydrogen (secondary N) is 1. The first kappa shape index (κ1) is 14.9. The molecule has 0 atom stereocenters. The highest BCUT2D eigenvalue weighted by molar-refractivity contribution is 5.65. The van der Waals surface area contributed by atoms with Gasteiger partial charge in [0, 0.05) is 12.6 Å². The van der Waals surface area contributed by atoms with E-state index in [0.717, 1.165) is 31.7 Å². The van der Waals surface area contributed by atoms with Gasteiger partial charge in [-0.1, -0.05) is 26.2 Å². The van der Waals surface area contributed by atoms with Gasteiger partial charge >= 0.3 is 0 Å². The first-order valence-electron chi connectivity index (χ1n) is 6.02. The molecule has 19 heavy (non-hydrogen) atoms. The molecule has 0 aliphatic rings. The van der Waals surface area contributed by atoms with Crippen molar-refractivity contribution in [2.75, 3.05) is 11.9 Å². The predicted octanol–water partition coefficient (Wildman–Crippen LogP) is 3.31. The maximum atomic E-state index is 10.9. The number of anilines is 1. The molecule has 1 aromatic carbocycles. The largest absolute Gasteiger partial charge is 0.379 e. The summed E-state index contributed by atoms with van der Waals surface area (Å²) in [6, 6.07) is 3.60. The molecule has 0 aliphatic heterocycles. The van der Waals surface area contributed by atoms with Crippen molar-refractivity contribution in [3.05, 3.63) is 45.4 Å². The number of nitro groups is 2. The molecule has 0 aliphatic carbocycles. The quantitative estimate of drug-likeness (QED) is 0.442. The summed E-state index contributed by atoms with van der Waals surface area (Å²) in [4.78, 5) is 20.2. The number of hydrogen-bond acceptors (Lipinski definition) is 5. The van der Waals surface area contributed by atoms with E-state index in [1.807, 2.05) is 0 Å². The van der Waals surface area contributed by atoms with Crippen molar-refractivity contribution in [3.8, 4) is 0 Å². The minimum atomic E-state index is -0.648. The van der Waals surface area contributed by atoms with E-state index in [2.05, 4.69) is 12.2 Å². The van der Waals surface area contributed by atoms with Crippen molar-refractivity contribution in [3.63, 3.8) is 0 Å². The van der Waals surface area contributed by atoms with Crippen LogP contribution in [0.15, 0.2) is 18.2 Å². The molecule has 0 spiro atoms. The van der Waals surface area contributed by atoms with Gasteiger partial charge < -0.3 is 5.32 Å². The molecular formula is C12H16N3O4. The number of nitro benzene ring substituents is 2. The van der Waals surface area contributed by atoms with Gasteiger partial charge in [-0.25, -0.2) is 0 Å². The Hall–Kier alpha value is -2.18. The summed E-state index contributed by atoms with van der Waals surface area (Å²) in [7, 11) is 0. The van der Waals surface area contributed by atoms with Crippen LogP contribution in [-0.2, 0) is 0 Å². The maximum Gasteiger partial charge on any atom is 0.299 e. The summed E-state index contributed by atoms with van der Waals surface area (Å²) in [5, 5.41) is 24.4. The number of rotatable bonds is 8. The highest BCUT2D eigenvalue weighted by Crippen LogP contribution is 2.28.